The highest BCUT2D eigenvalue weighted by molar-refractivity contribution is 5.97. The van der Waals surface area contributed by atoms with Crippen molar-refractivity contribution in [1.82, 2.24) is 5.43 Å². The first-order valence-corrected chi connectivity index (χ1v) is 8.64. The van der Waals surface area contributed by atoms with E-state index in [2.05, 4.69) is 15.8 Å². The quantitative estimate of drug-likeness (QED) is 0.502. The lowest BCUT2D eigenvalue weighted by molar-refractivity contribution is -0.114. The molecule has 140 valence electrons. The van der Waals surface area contributed by atoms with E-state index in [-0.39, 0.29) is 11.8 Å². The maximum Gasteiger partial charge on any atom is 0.271 e. The van der Waals surface area contributed by atoms with Crippen LogP contribution in [0.3, 0.4) is 0 Å². The molecule has 0 unspecified atom stereocenters. The van der Waals surface area contributed by atoms with Crippen LogP contribution in [0.15, 0.2) is 84.0 Å². The Bertz CT molecular complexity index is 1000. The van der Waals surface area contributed by atoms with Crippen LogP contribution in [0.1, 0.15) is 22.8 Å². The van der Waals surface area contributed by atoms with Crippen molar-refractivity contribution in [3.05, 3.63) is 90.0 Å². The summed E-state index contributed by atoms with van der Waals surface area (Å²) in [6.07, 6.45) is 1.54. The molecule has 6 nitrogen and oxygen atoms in total. The molecule has 3 aromatic carbocycles. The first-order valence-electron chi connectivity index (χ1n) is 8.64. The predicted molar refractivity (Wildman–Crippen MR) is 109 cm³/mol. The van der Waals surface area contributed by atoms with E-state index in [1.54, 1.807) is 24.3 Å². The average Bonchev–Trinajstić information content (AvgIpc) is 2.69. The lowest BCUT2D eigenvalue weighted by Gasteiger charge is -2.06. The Morgan fingerprint density at radius 3 is 2.43 bits per heavy atom. The summed E-state index contributed by atoms with van der Waals surface area (Å²) in [5, 5.41) is 6.63. The van der Waals surface area contributed by atoms with Gasteiger partial charge in [-0.2, -0.15) is 5.10 Å². The lowest BCUT2D eigenvalue weighted by Crippen LogP contribution is -2.18. The highest BCUT2D eigenvalue weighted by Gasteiger charge is 2.05. The molecule has 0 radical (unpaired) electrons. The summed E-state index contributed by atoms with van der Waals surface area (Å²) in [4.78, 5) is 23.3. The van der Waals surface area contributed by atoms with Crippen LogP contribution in [0.25, 0.3) is 0 Å². The maximum absolute atomic E-state index is 12.2. The summed E-state index contributed by atoms with van der Waals surface area (Å²) in [6.45, 7) is 1.41. The van der Waals surface area contributed by atoms with Crippen LogP contribution in [-0.4, -0.2) is 18.0 Å². The Morgan fingerprint density at radius 2 is 1.64 bits per heavy atom. The van der Waals surface area contributed by atoms with Gasteiger partial charge in [0.15, 0.2) is 0 Å². The third-order valence-corrected chi connectivity index (χ3v) is 3.66. The van der Waals surface area contributed by atoms with Crippen LogP contribution in [0.5, 0.6) is 11.5 Å². The first-order chi connectivity index (χ1) is 13.6. The molecule has 6 heteroatoms. The molecule has 0 bridgehead atoms. The van der Waals surface area contributed by atoms with E-state index >= 15 is 0 Å². The van der Waals surface area contributed by atoms with Crippen LogP contribution >= 0.6 is 0 Å². The number of hydrogen-bond acceptors (Lipinski definition) is 4. The number of ether oxygens (including phenoxy) is 1. The molecule has 3 rings (SSSR count). The van der Waals surface area contributed by atoms with Crippen LogP contribution in [-0.2, 0) is 4.79 Å². The Labute approximate surface area is 162 Å². The summed E-state index contributed by atoms with van der Waals surface area (Å²) in [5.41, 5.74) is 4.20. The van der Waals surface area contributed by atoms with E-state index in [9.17, 15) is 9.59 Å². The fraction of sp³-hybridized carbons (Fsp3) is 0.0455. The normalized spacial score (nSPS) is 10.5. The zero-order valence-corrected chi connectivity index (χ0v) is 15.3. The number of para-hydroxylation sites is 1. The van der Waals surface area contributed by atoms with E-state index in [1.165, 1.54) is 13.1 Å². The van der Waals surface area contributed by atoms with E-state index in [0.717, 1.165) is 11.3 Å². The van der Waals surface area contributed by atoms with Gasteiger partial charge in [0.2, 0.25) is 5.91 Å². The van der Waals surface area contributed by atoms with Gasteiger partial charge in [-0.3, -0.25) is 9.59 Å². The van der Waals surface area contributed by atoms with Gasteiger partial charge in [0, 0.05) is 18.2 Å². The van der Waals surface area contributed by atoms with E-state index in [1.807, 2.05) is 54.6 Å². The number of nitrogens with one attached hydrogen (secondary N) is 2. The van der Waals surface area contributed by atoms with Crippen molar-refractivity contribution in [3.63, 3.8) is 0 Å². The van der Waals surface area contributed by atoms with Crippen LogP contribution < -0.4 is 15.5 Å². The number of amides is 2. The van der Waals surface area contributed by atoms with Gasteiger partial charge in [0.05, 0.1) is 6.21 Å². The molecule has 0 fully saturated rings. The Morgan fingerprint density at radius 1 is 0.893 bits per heavy atom. The molecule has 0 saturated heterocycles. The number of carbonyl (C=O) groups is 2. The smallest absolute Gasteiger partial charge is 0.271 e. The van der Waals surface area contributed by atoms with Crippen LogP contribution in [0, 0.1) is 0 Å². The molecule has 0 aromatic heterocycles. The van der Waals surface area contributed by atoms with Crippen molar-refractivity contribution in [3.8, 4) is 11.5 Å². The molecule has 0 aliphatic heterocycles. The molecule has 0 aliphatic carbocycles. The van der Waals surface area contributed by atoms with Crippen molar-refractivity contribution < 1.29 is 14.3 Å². The summed E-state index contributed by atoms with van der Waals surface area (Å²) < 4.78 is 5.78. The Balaban J connectivity index is 1.62. The van der Waals surface area contributed by atoms with Crippen molar-refractivity contribution in [2.24, 2.45) is 5.10 Å². The SMILES string of the molecule is CC(=O)Nc1cccc(C(=O)N/N=C/c2cccc(Oc3ccccc3)c2)c1. The molecule has 2 N–H and O–H groups in total. The number of hydrazone groups is 1. The van der Waals surface area contributed by atoms with Crippen LogP contribution in [0.4, 0.5) is 5.69 Å². The van der Waals surface area contributed by atoms with Crippen molar-refractivity contribution in [2.75, 3.05) is 5.32 Å². The van der Waals surface area contributed by atoms with Gasteiger partial charge >= 0.3 is 0 Å². The number of nitrogens with zero attached hydrogens (tertiary/aromatic N) is 1. The molecular weight excluding hydrogens is 354 g/mol. The predicted octanol–water partition coefficient (Wildman–Crippen LogP) is 4.20. The minimum absolute atomic E-state index is 0.201. The van der Waals surface area contributed by atoms with Gasteiger partial charge in [-0.15, -0.1) is 0 Å². The van der Waals surface area contributed by atoms with Gasteiger partial charge in [-0.1, -0.05) is 36.4 Å². The molecule has 3 aromatic rings. The molecule has 0 heterocycles. The summed E-state index contributed by atoms with van der Waals surface area (Å²) >= 11 is 0. The Kier molecular flexibility index (Phi) is 6.15. The maximum atomic E-state index is 12.2. The molecule has 28 heavy (non-hydrogen) atoms. The number of anilines is 1. The van der Waals surface area contributed by atoms with Gasteiger partial charge < -0.3 is 10.1 Å². The topological polar surface area (TPSA) is 79.8 Å². The third kappa shape index (κ3) is 5.54. The fourth-order valence-electron chi connectivity index (χ4n) is 2.45. The summed E-state index contributed by atoms with van der Waals surface area (Å²) in [7, 11) is 0. The van der Waals surface area contributed by atoms with E-state index < -0.39 is 0 Å². The molecule has 0 spiro atoms. The average molecular weight is 373 g/mol. The fourth-order valence-corrected chi connectivity index (χ4v) is 2.45. The van der Waals surface area contributed by atoms with Crippen molar-refractivity contribution >= 4 is 23.7 Å². The molecule has 0 saturated carbocycles. The molecule has 0 aliphatic rings. The standard InChI is InChI=1S/C22H19N3O3/c1-16(26)24-19-9-6-8-18(14-19)22(27)25-23-15-17-7-5-12-21(13-17)28-20-10-3-2-4-11-20/h2-15H,1H3,(H,24,26)(H,25,27)/b23-15+. The third-order valence-electron chi connectivity index (χ3n) is 3.66. The minimum atomic E-state index is -0.375. The number of benzene rings is 3. The monoisotopic (exact) mass is 373 g/mol. The van der Waals surface area contributed by atoms with Crippen molar-refractivity contribution in [1.29, 1.82) is 0 Å². The van der Waals surface area contributed by atoms with Gasteiger partial charge in [-0.05, 0) is 48.0 Å². The van der Waals surface area contributed by atoms with Crippen molar-refractivity contribution in [2.45, 2.75) is 6.92 Å². The van der Waals surface area contributed by atoms with Gasteiger partial charge in [-0.25, -0.2) is 5.43 Å². The van der Waals surface area contributed by atoms with Gasteiger partial charge in [0.1, 0.15) is 11.5 Å². The lowest BCUT2D eigenvalue weighted by atomic mass is 10.2. The zero-order valence-electron chi connectivity index (χ0n) is 15.3. The highest BCUT2D eigenvalue weighted by atomic mass is 16.5. The molecule has 2 amide bonds. The van der Waals surface area contributed by atoms with Gasteiger partial charge in [0.25, 0.3) is 5.91 Å². The second-order valence-electron chi connectivity index (χ2n) is 5.95. The second kappa shape index (κ2) is 9.14. The minimum Gasteiger partial charge on any atom is -0.457 e. The summed E-state index contributed by atoms with van der Waals surface area (Å²) in [6, 6.07) is 23.4. The Hall–Kier alpha value is -3.93. The van der Waals surface area contributed by atoms with Crippen LogP contribution in [0.2, 0.25) is 0 Å². The first kappa shape index (κ1) is 18.8. The molecular formula is C22H19N3O3. The number of hydrogen-bond donors (Lipinski definition) is 2. The van der Waals surface area contributed by atoms with E-state index in [4.69, 9.17) is 4.74 Å². The molecule has 0 atom stereocenters. The highest BCUT2D eigenvalue weighted by Crippen LogP contribution is 2.21. The zero-order chi connectivity index (χ0) is 19.8. The number of rotatable bonds is 6. The largest absolute Gasteiger partial charge is 0.457 e. The van der Waals surface area contributed by atoms with E-state index in [0.29, 0.717) is 17.0 Å². The summed E-state index contributed by atoms with van der Waals surface area (Å²) in [5.74, 6) is 0.835. The second-order valence-corrected chi connectivity index (χ2v) is 5.95. The number of carbonyl (C=O) groups excluding carboxylic acids is 2.